The lowest BCUT2D eigenvalue weighted by Gasteiger charge is -2.55. The third kappa shape index (κ3) is 4.03. The number of ether oxygens (including phenoxy) is 2. The van der Waals surface area contributed by atoms with Gasteiger partial charge in [0.15, 0.2) is 17.5 Å². The summed E-state index contributed by atoms with van der Waals surface area (Å²) < 4.78 is 56.5. The lowest BCUT2D eigenvalue weighted by Crippen LogP contribution is -2.57. The summed E-state index contributed by atoms with van der Waals surface area (Å²) in [4.78, 5) is 0. The van der Waals surface area contributed by atoms with E-state index in [1.807, 2.05) is 10.9 Å². The van der Waals surface area contributed by atoms with Crippen molar-refractivity contribution in [1.29, 1.82) is 0 Å². The molecule has 1 spiro atoms. The molecule has 0 radical (unpaired) electrons. The molecule has 3 aliphatic rings. The number of methoxy groups -OCH3 is 1. The van der Waals surface area contributed by atoms with Crippen molar-refractivity contribution in [2.45, 2.75) is 75.0 Å². The summed E-state index contributed by atoms with van der Waals surface area (Å²) in [6, 6.07) is 1.34. The van der Waals surface area contributed by atoms with E-state index in [0.29, 0.717) is 23.6 Å². The van der Waals surface area contributed by atoms with E-state index in [1.165, 1.54) is 43.7 Å². The molecule has 2 saturated carbocycles. The molecule has 3 fully saturated rings. The summed E-state index contributed by atoms with van der Waals surface area (Å²) in [5.41, 5.74) is 0.711. The van der Waals surface area contributed by atoms with Crippen molar-refractivity contribution in [3.05, 3.63) is 47.7 Å². The van der Waals surface area contributed by atoms with Gasteiger partial charge in [0, 0.05) is 25.3 Å². The average molecular weight is 535 g/mol. The Morgan fingerprint density at radius 3 is 2.50 bits per heavy atom. The van der Waals surface area contributed by atoms with Crippen molar-refractivity contribution in [2.24, 2.45) is 5.41 Å². The third-order valence-corrected chi connectivity index (χ3v) is 8.62. The first-order valence-electron chi connectivity index (χ1n) is 12.8. The standard InChI is InChI=1S/C25H29F3N6O4/c1-37-24-17(9-13-10-33(31-29-13)19-5-8-25(19)6-2-7-25)38-18(12-35)23(36)22(24)34-11-16(30-32-34)14-3-4-15(26)21(28)20(14)27/h3-4,10-11,17-19,22-24,35-36H,2,5-9,12H2,1H3/t17-,18-,19?,22+,23+,24+/m1/s1. The van der Waals surface area contributed by atoms with Crippen LogP contribution in [0, 0.1) is 22.9 Å². The van der Waals surface area contributed by atoms with Gasteiger partial charge in [0.1, 0.15) is 30.0 Å². The minimum Gasteiger partial charge on any atom is -0.394 e. The highest BCUT2D eigenvalue weighted by atomic mass is 19.2. The van der Waals surface area contributed by atoms with Crippen molar-refractivity contribution in [3.63, 3.8) is 0 Å². The van der Waals surface area contributed by atoms with Crippen LogP contribution in [0.25, 0.3) is 11.3 Å². The van der Waals surface area contributed by atoms with Crippen LogP contribution in [0.4, 0.5) is 13.2 Å². The summed E-state index contributed by atoms with van der Waals surface area (Å²) in [5, 5.41) is 37.6. The van der Waals surface area contributed by atoms with E-state index < -0.39 is 54.5 Å². The summed E-state index contributed by atoms with van der Waals surface area (Å²) in [5.74, 6) is -4.32. The maximum atomic E-state index is 14.4. The lowest BCUT2D eigenvalue weighted by molar-refractivity contribution is -0.212. The quantitative estimate of drug-likeness (QED) is 0.444. The zero-order valence-electron chi connectivity index (χ0n) is 20.8. The van der Waals surface area contributed by atoms with Gasteiger partial charge in [0.2, 0.25) is 0 Å². The van der Waals surface area contributed by atoms with E-state index >= 15 is 0 Å². The van der Waals surface area contributed by atoms with Crippen LogP contribution in [0.1, 0.15) is 49.9 Å². The molecule has 0 bridgehead atoms. The van der Waals surface area contributed by atoms with E-state index in [0.717, 1.165) is 18.6 Å². The Hall–Kier alpha value is -2.87. The zero-order chi connectivity index (χ0) is 26.6. The van der Waals surface area contributed by atoms with Gasteiger partial charge >= 0.3 is 0 Å². The van der Waals surface area contributed by atoms with Crippen LogP contribution in [-0.4, -0.2) is 78.3 Å². The number of hydrogen-bond acceptors (Lipinski definition) is 8. The molecule has 38 heavy (non-hydrogen) atoms. The van der Waals surface area contributed by atoms with Crippen molar-refractivity contribution in [1.82, 2.24) is 30.0 Å². The molecule has 6 rings (SSSR count). The third-order valence-electron chi connectivity index (χ3n) is 8.62. The molecule has 1 saturated heterocycles. The van der Waals surface area contributed by atoms with Crippen molar-refractivity contribution in [2.75, 3.05) is 13.7 Å². The number of benzene rings is 1. The fourth-order valence-corrected chi connectivity index (χ4v) is 6.27. The molecule has 2 aromatic heterocycles. The van der Waals surface area contributed by atoms with Gasteiger partial charge in [-0.3, -0.25) is 0 Å². The molecule has 3 aromatic rings. The molecule has 0 amide bonds. The summed E-state index contributed by atoms with van der Waals surface area (Å²) in [7, 11) is 1.46. The van der Waals surface area contributed by atoms with E-state index in [2.05, 4.69) is 20.6 Å². The van der Waals surface area contributed by atoms with Crippen LogP contribution >= 0.6 is 0 Å². The van der Waals surface area contributed by atoms with E-state index in [9.17, 15) is 23.4 Å². The minimum atomic E-state index is -1.61. The smallest absolute Gasteiger partial charge is 0.195 e. The number of hydrogen-bond donors (Lipinski definition) is 2. The SMILES string of the molecule is CO[C@@H]1[C@@H](n2cc(-c3ccc(F)c(F)c3F)nn2)[C@@H](O)[C@@H](CO)O[C@@H]1Cc1cn(C2CCC23CCC3)nn1. The molecule has 13 heteroatoms. The Morgan fingerprint density at radius 1 is 1.05 bits per heavy atom. The highest BCUT2D eigenvalue weighted by Crippen LogP contribution is 2.61. The second-order valence-corrected chi connectivity index (χ2v) is 10.5. The fourth-order valence-electron chi connectivity index (χ4n) is 6.27. The first-order chi connectivity index (χ1) is 18.3. The Morgan fingerprint density at radius 2 is 1.84 bits per heavy atom. The van der Waals surface area contributed by atoms with E-state index in [4.69, 9.17) is 9.47 Å². The number of rotatable bonds is 7. The van der Waals surface area contributed by atoms with Crippen LogP contribution in [0.2, 0.25) is 0 Å². The molecule has 10 nitrogen and oxygen atoms in total. The maximum absolute atomic E-state index is 14.4. The van der Waals surface area contributed by atoms with Gasteiger partial charge in [-0.1, -0.05) is 16.8 Å². The molecular formula is C25H29F3N6O4. The molecular weight excluding hydrogens is 505 g/mol. The van der Waals surface area contributed by atoms with E-state index in [-0.39, 0.29) is 11.3 Å². The molecule has 1 aliphatic heterocycles. The highest BCUT2D eigenvalue weighted by Gasteiger charge is 2.52. The highest BCUT2D eigenvalue weighted by molar-refractivity contribution is 5.58. The summed E-state index contributed by atoms with van der Waals surface area (Å²) >= 11 is 0. The Balaban J connectivity index is 1.26. The summed E-state index contributed by atoms with van der Waals surface area (Å²) in [6.07, 6.45) is 5.91. The molecule has 3 heterocycles. The molecule has 2 N–H and O–H groups in total. The molecule has 1 aromatic carbocycles. The van der Waals surface area contributed by atoms with Crippen molar-refractivity contribution < 1.29 is 32.9 Å². The number of aliphatic hydroxyl groups excluding tert-OH is 2. The Labute approximate surface area is 216 Å². The normalized spacial score (nSPS) is 30.3. The second-order valence-electron chi connectivity index (χ2n) is 10.5. The molecule has 6 atom stereocenters. The van der Waals surface area contributed by atoms with Gasteiger partial charge in [-0.15, -0.1) is 10.2 Å². The lowest BCUT2D eigenvalue weighted by atomic mass is 9.53. The van der Waals surface area contributed by atoms with Gasteiger partial charge in [-0.25, -0.2) is 22.5 Å². The van der Waals surface area contributed by atoms with Gasteiger partial charge in [0.05, 0.1) is 30.6 Å². The molecule has 2 aliphatic carbocycles. The largest absolute Gasteiger partial charge is 0.394 e. The predicted molar refractivity (Wildman–Crippen MR) is 125 cm³/mol. The Bertz CT molecular complexity index is 1310. The van der Waals surface area contributed by atoms with Gasteiger partial charge in [-0.05, 0) is 43.2 Å². The average Bonchev–Trinajstić information content (AvgIpc) is 3.51. The van der Waals surface area contributed by atoms with Crippen LogP contribution in [-0.2, 0) is 15.9 Å². The van der Waals surface area contributed by atoms with Gasteiger partial charge < -0.3 is 19.7 Å². The van der Waals surface area contributed by atoms with Crippen molar-refractivity contribution in [3.8, 4) is 11.3 Å². The number of aromatic nitrogens is 6. The fraction of sp³-hybridized carbons (Fsp3) is 0.600. The van der Waals surface area contributed by atoms with E-state index in [1.54, 1.807) is 0 Å². The first-order valence-corrected chi connectivity index (χ1v) is 12.8. The predicted octanol–water partition coefficient (Wildman–Crippen LogP) is 2.38. The maximum Gasteiger partial charge on any atom is 0.195 e. The van der Waals surface area contributed by atoms with Gasteiger partial charge in [-0.2, -0.15) is 0 Å². The Kier molecular flexibility index (Phi) is 6.49. The van der Waals surface area contributed by atoms with Crippen LogP contribution in [0.5, 0.6) is 0 Å². The monoisotopic (exact) mass is 534 g/mol. The molecule has 1 unspecified atom stereocenters. The second kappa shape index (κ2) is 9.70. The number of halogens is 3. The molecule has 204 valence electrons. The number of aliphatic hydroxyl groups is 2. The number of nitrogens with zero attached hydrogens (tertiary/aromatic N) is 6. The van der Waals surface area contributed by atoms with Gasteiger partial charge in [0.25, 0.3) is 0 Å². The van der Waals surface area contributed by atoms with Crippen LogP contribution in [0.3, 0.4) is 0 Å². The van der Waals surface area contributed by atoms with Crippen LogP contribution in [0.15, 0.2) is 24.5 Å². The first kappa shape index (κ1) is 25.4. The topological polar surface area (TPSA) is 120 Å². The van der Waals surface area contributed by atoms with Crippen LogP contribution < -0.4 is 0 Å². The van der Waals surface area contributed by atoms with Crippen molar-refractivity contribution >= 4 is 0 Å². The zero-order valence-corrected chi connectivity index (χ0v) is 20.8. The summed E-state index contributed by atoms with van der Waals surface area (Å²) in [6.45, 7) is -0.471. The minimum absolute atomic E-state index is 0.0552.